The normalized spacial score (nSPS) is 18.4. The van der Waals surface area contributed by atoms with E-state index < -0.39 is 35.3 Å². The van der Waals surface area contributed by atoms with Gasteiger partial charge in [-0.25, -0.2) is 9.59 Å². The number of hydrogen-bond donors (Lipinski definition) is 3. The molecule has 0 bridgehead atoms. The van der Waals surface area contributed by atoms with Crippen molar-refractivity contribution < 1.29 is 53.5 Å². The van der Waals surface area contributed by atoms with Gasteiger partial charge in [0.25, 0.3) is 5.09 Å². The van der Waals surface area contributed by atoms with E-state index in [1.165, 1.54) is 50.8 Å². The summed E-state index contributed by atoms with van der Waals surface area (Å²) in [6.07, 6.45) is 14.6. The third-order valence-corrected chi connectivity index (χ3v) is 9.68. The van der Waals surface area contributed by atoms with E-state index in [0.717, 1.165) is 25.7 Å². The molecule has 0 heterocycles. The molecule has 14 nitrogen and oxygen atoms in total. The molecule has 1 saturated carbocycles. The number of methoxy groups -OCH3 is 1. The van der Waals surface area contributed by atoms with Crippen molar-refractivity contribution in [2.45, 2.75) is 122 Å². The number of amides is 1. The van der Waals surface area contributed by atoms with E-state index >= 15 is 0 Å². The summed E-state index contributed by atoms with van der Waals surface area (Å²) in [6, 6.07) is 9.81. The molecule has 2 aromatic carbocycles. The lowest BCUT2D eigenvalue weighted by Gasteiger charge is -2.22. The molecule has 0 spiro atoms. The maximum Gasteiger partial charge on any atom is 0.336 e. The van der Waals surface area contributed by atoms with Gasteiger partial charge < -0.3 is 34.6 Å². The first-order chi connectivity index (χ1) is 26.9. The molecule has 56 heavy (non-hydrogen) atoms. The molecule has 1 amide bonds. The van der Waals surface area contributed by atoms with E-state index in [1.807, 2.05) is 12.2 Å². The lowest BCUT2D eigenvalue weighted by molar-refractivity contribution is -0.763. The molecule has 2 aromatic rings. The van der Waals surface area contributed by atoms with Gasteiger partial charge in [0.15, 0.2) is 11.5 Å². The first-order valence-electron chi connectivity index (χ1n) is 19.4. The molecule has 1 fully saturated rings. The number of unbranched alkanes of at least 4 members (excludes halogenated alkanes) is 5. The number of aliphatic hydroxyl groups is 2. The first-order valence-corrected chi connectivity index (χ1v) is 19.4. The fourth-order valence-electron chi connectivity index (χ4n) is 6.62. The summed E-state index contributed by atoms with van der Waals surface area (Å²) in [7, 11) is 1.39. The Hall–Kier alpha value is -5.08. The summed E-state index contributed by atoms with van der Waals surface area (Å²) >= 11 is 0. The largest absolute Gasteiger partial charge is 0.493 e. The topological polar surface area (TPSA) is 201 Å². The highest BCUT2D eigenvalue weighted by Gasteiger charge is 2.40. The van der Waals surface area contributed by atoms with Crippen molar-refractivity contribution in [2.24, 2.45) is 11.8 Å². The fraction of sp³-hybridized carbons (Fsp3) is 0.524. The Morgan fingerprint density at radius 1 is 0.929 bits per heavy atom. The highest BCUT2D eigenvalue weighted by molar-refractivity contribution is 5.89. The summed E-state index contributed by atoms with van der Waals surface area (Å²) in [5, 5.41) is 33.3. The maximum atomic E-state index is 12.8. The smallest absolute Gasteiger partial charge is 0.336 e. The highest BCUT2D eigenvalue weighted by Crippen LogP contribution is 2.38. The van der Waals surface area contributed by atoms with Gasteiger partial charge in [-0.15, -0.1) is 10.1 Å². The van der Waals surface area contributed by atoms with Gasteiger partial charge in [-0.3, -0.25) is 9.59 Å². The van der Waals surface area contributed by atoms with E-state index in [1.54, 1.807) is 24.3 Å². The molecule has 0 aliphatic heterocycles. The van der Waals surface area contributed by atoms with Gasteiger partial charge in [0.05, 0.1) is 19.3 Å². The van der Waals surface area contributed by atoms with Gasteiger partial charge in [0.2, 0.25) is 5.91 Å². The van der Waals surface area contributed by atoms with Crippen LogP contribution in [0.1, 0.15) is 108 Å². The molecule has 3 N–H and O–H groups in total. The number of carbonyl (C=O) groups is 4. The van der Waals surface area contributed by atoms with Crippen LogP contribution in [0.25, 0.3) is 6.08 Å². The molecule has 0 radical (unpaired) electrons. The average molecular weight is 781 g/mol. The number of nitrogens with one attached hydrogen (secondary N) is 1. The van der Waals surface area contributed by atoms with E-state index in [4.69, 9.17) is 14.2 Å². The SMILES string of the molecule is CCCCCCCC(=O)CC[C@@H]1[C@@H](CC=CCCCC(=O)NC(C)C(=O)Oc2ccc(C=CC(=O)Oc3cccc(CO[N+](=O)[O-])c3)cc2OC)[C@@H](O)C[C@H]1O. The predicted molar refractivity (Wildman–Crippen MR) is 208 cm³/mol. The Balaban J connectivity index is 1.38. The lowest BCUT2D eigenvalue weighted by atomic mass is 9.86. The molecule has 0 saturated heterocycles. The summed E-state index contributed by atoms with van der Waals surface area (Å²) < 4.78 is 16.1. The van der Waals surface area contributed by atoms with Crippen LogP contribution >= 0.6 is 0 Å². The number of allylic oxidation sites excluding steroid dienone is 2. The molecular formula is C42H56N2O12. The predicted octanol–water partition coefficient (Wildman–Crippen LogP) is 6.62. The number of aliphatic hydroxyl groups excluding tert-OH is 2. The molecule has 14 heteroatoms. The van der Waals surface area contributed by atoms with Gasteiger partial charge >= 0.3 is 11.9 Å². The number of esters is 2. The van der Waals surface area contributed by atoms with E-state index in [0.29, 0.717) is 56.1 Å². The third-order valence-electron chi connectivity index (χ3n) is 9.68. The summed E-state index contributed by atoms with van der Waals surface area (Å²) in [5.41, 5.74) is 0.983. The maximum absolute atomic E-state index is 12.8. The van der Waals surface area contributed by atoms with Crippen LogP contribution in [-0.4, -0.2) is 64.3 Å². The van der Waals surface area contributed by atoms with Crippen LogP contribution in [0.3, 0.4) is 0 Å². The van der Waals surface area contributed by atoms with Crippen LogP contribution in [0, 0.1) is 22.0 Å². The van der Waals surface area contributed by atoms with E-state index in [-0.39, 0.29) is 53.8 Å². The Morgan fingerprint density at radius 3 is 2.45 bits per heavy atom. The monoisotopic (exact) mass is 780 g/mol. The molecule has 3 rings (SSSR count). The number of hydrogen-bond acceptors (Lipinski definition) is 12. The van der Waals surface area contributed by atoms with Crippen LogP contribution in [0.15, 0.2) is 60.7 Å². The lowest BCUT2D eigenvalue weighted by Crippen LogP contribution is -2.40. The molecular weight excluding hydrogens is 724 g/mol. The summed E-state index contributed by atoms with van der Waals surface area (Å²) in [5.74, 6) is -1.23. The number of ether oxygens (including phenoxy) is 3. The van der Waals surface area contributed by atoms with Crippen molar-refractivity contribution in [1.29, 1.82) is 0 Å². The van der Waals surface area contributed by atoms with Crippen LogP contribution in [0.4, 0.5) is 0 Å². The van der Waals surface area contributed by atoms with Gasteiger partial charge in [-0.2, -0.15) is 0 Å². The van der Waals surface area contributed by atoms with Crippen LogP contribution < -0.4 is 19.5 Å². The van der Waals surface area contributed by atoms with Gasteiger partial charge in [0, 0.05) is 25.3 Å². The standard InChI is InChI=1S/C42H56N2O12/c1-4-5-6-7-10-15-32(45)21-22-35-34(36(46)27-37(35)47)17-11-8-9-12-18-40(48)43-29(2)42(50)56-38-23-19-30(26-39(38)53-3)20-24-41(49)55-33-16-13-14-31(25-33)28-54-44(51)52/h8,11,13-14,16,19-20,23-26,29,34-37,46-47H,4-7,9-10,12,15,17-18,21-22,27-28H2,1-3H3,(H,43,48)/t29?,34-,35-,36+,37-/m1/s1. The van der Waals surface area contributed by atoms with Crippen molar-refractivity contribution in [3.05, 3.63) is 81.9 Å². The van der Waals surface area contributed by atoms with Gasteiger partial charge in [-0.05, 0) is 98.8 Å². The summed E-state index contributed by atoms with van der Waals surface area (Å²) in [6.45, 7) is 3.38. The van der Waals surface area contributed by atoms with Crippen molar-refractivity contribution in [3.63, 3.8) is 0 Å². The molecule has 5 atom stereocenters. The minimum absolute atomic E-state index is 0.115. The molecule has 306 valence electrons. The van der Waals surface area contributed by atoms with Crippen molar-refractivity contribution >= 4 is 29.7 Å². The number of Topliss-reactive ketones (excluding diaryl/α,β-unsaturated/α-hetero) is 1. The Morgan fingerprint density at radius 2 is 1.70 bits per heavy atom. The Kier molecular flexibility index (Phi) is 19.8. The minimum atomic E-state index is -0.943. The fourth-order valence-corrected chi connectivity index (χ4v) is 6.62. The van der Waals surface area contributed by atoms with Crippen LogP contribution in [-0.2, 0) is 30.6 Å². The number of benzene rings is 2. The van der Waals surface area contributed by atoms with Crippen molar-refractivity contribution in [2.75, 3.05) is 7.11 Å². The molecule has 1 unspecified atom stereocenters. The number of carbonyl (C=O) groups excluding carboxylic acids is 4. The van der Waals surface area contributed by atoms with Crippen molar-refractivity contribution in [1.82, 2.24) is 5.32 Å². The molecule has 1 aliphatic carbocycles. The highest BCUT2D eigenvalue weighted by atomic mass is 16.9. The van der Waals surface area contributed by atoms with Gasteiger partial charge in [0.1, 0.15) is 24.2 Å². The zero-order chi connectivity index (χ0) is 40.9. The second-order valence-electron chi connectivity index (χ2n) is 14.1. The summed E-state index contributed by atoms with van der Waals surface area (Å²) in [4.78, 5) is 64.9. The third kappa shape index (κ3) is 16.3. The van der Waals surface area contributed by atoms with E-state index in [2.05, 4.69) is 17.1 Å². The first kappa shape index (κ1) is 45.3. The number of nitrogens with zero attached hydrogens (tertiary/aromatic N) is 1. The minimum Gasteiger partial charge on any atom is -0.493 e. The second kappa shape index (κ2) is 24.4. The number of rotatable bonds is 25. The van der Waals surface area contributed by atoms with Crippen LogP contribution in [0.5, 0.6) is 17.2 Å². The molecule has 0 aromatic heterocycles. The Bertz CT molecular complexity index is 1660. The zero-order valence-corrected chi connectivity index (χ0v) is 32.6. The quantitative estimate of drug-likeness (QED) is 0.0185. The zero-order valence-electron chi connectivity index (χ0n) is 32.6. The average Bonchev–Trinajstić information content (AvgIpc) is 3.44. The second-order valence-corrected chi connectivity index (χ2v) is 14.1. The molecule has 1 aliphatic rings. The van der Waals surface area contributed by atoms with Gasteiger partial charge in [-0.1, -0.05) is 63.0 Å². The Labute approximate surface area is 328 Å². The van der Waals surface area contributed by atoms with Crippen LogP contribution in [0.2, 0.25) is 0 Å². The van der Waals surface area contributed by atoms with Crippen molar-refractivity contribution in [3.8, 4) is 17.2 Å². The van der Waals surface area contributed by atoms with E-state index in [9.17, 15) is 39.5 Å². The number of ketones is 1.